The molecule has 0 aliphatic rings. The molecule has 3 heteroatoms. The van der Waals surface area contributed by atoms with Gasteiger partial charge in [0.25, 0.3) is 0 Å². The lowest BCUT2D eigenvalue weighted by molar-refractivity contribution is 0.179. The van der Waals surface area contributed by atoms with Crippen molar-refractivity contribution in [1.82, 2.24) is 0 Å². The third-order valence-corrected chi connectivity index (χ3v) is 1.22. The lowest BCUT2D eigenvalue weighted by Gasteiger charge is -2.07. The van der Waals surface area contributed by atoms with Crippen molar-refractivity contribution >= 4 is 5.84 Å². The molecule has 0 saturated heterocycles. The van der Waals surface area contributed by atoms with Gasteiger partial charge in [-0.15, -0.1) is 0 Å². The smallest absolute Gasteiger partial charge is 0.0910 e. The van der Waals surface area contributed by atoms with E-state index in [4.69, 9.17) is 10.5 Å². The predicted octanol–water partition coefficient (Wildman–Crippen LogP) is 0.788. The van der Waals surface area contributed by atoms with Gasteiger partial charge in [-0.1, -0.05) is 6.92 Å². The molecule has 0 aromatic rings. The second kappa shape index (κ2) is 5.23. The summed E-state index contributed by atoms with van der Waals surface area (Å²) in [6.45, 7) is 4.51. The summed E-state index contributed by atoms with van der Waals surface area (Å²) in [6.07, 6.45) is 0.975. The van der Waals surface area contributed by atoms with Crippen LogP contribution in [0.5, 0.6) is 0 Å². The zero-order valence-corrected chi connectivity index (χ0v) is 6.92. The third kappa shape index (κ3) is 4.32. The molecule has 10 heavy (non-hydrogen) atoms. The molecule has 0 aliphatic heterocycles. The maximum Gasteiger partial charge on any atom is 0.0910 e. The van der Waals surface area contributed by atoms with Gasteiger partial charge in [-0.3, -0.25) is 4.99 Å². The fourth-order valence-electron chi connectivity index (χ4n) is 0.727. The molecule has 3 nitrogen and oxygen atoms in total. The first kappa shape index (κ1) is 9.43. The second-order valence-corrected chi connectivity index (χ2v) is 2.29. The van der Waals surface area contributed by atoms with E-state index in [1.165, 1.54) is 0 Å². The summed E-state index contributed by atoms with van der Waals surface area (Å²) < 4.78 is 4.93. The van der Waals surface area contributed by atoms with Crippen molar-refractivity contribution in [3.63, 3.8) is 0 Å². The van der Waals surface area contributed by atoms with E-state index >= 15 is 0 Å². The molecule has 0 rings (SSSR count). The number of hydrogen-bond acceptors (Lipinski definition) is 2. The Kier molecular flexibility index (Phi) is 4.94. The molecule has 0 spiro atoms. The Balaban J connectivity index is 3.71. The van der Waals surface area contributed by atoms with Crippen LogP contribution in [0.1, 0.15) is 20.3 Å². The summed E-state index contributed by atoms with van der Waals surface area (Å²) in [6, 6.07) is 0.231. The van der Waals surface area contributed by atoms with E-state index in [0.29, 0.717) is 12.4 Å². The van der Waals surface area contributed by atoms with Gasteiger partial charge < -0.3 is 10.5 Å². The Labute approximate surface area is 62.3 Å². The first-order chi connectivity index (χ1) is 4.70. The Bertz CT molecular complexity index is 108. The largest absolute Gasteiger partial charge is 0.388 e. The Hall–Kier alpha value is -0.570. The number of rotatable bonds is 4. The molecule has 0 aromatic carbocycles. The normalized spacial score (nSPS) is 15.3. The maximum atomic E-state index is 5.39. The lowest BCUT2D eigenvalue weighted by atomic mass is 10.2. The van der Waals surface area contributed by atoms with E-state index in [2.05, 4.69) is 11.9 Å². The summed E-state index contributed by atoms with van der Waals surface area (Å²) in [5.41, 5.74) is 5.39. The van der Waals surface area contributed by atoms with E-state index in [1.54, 1.807) is 14.0 Å². The van der Waals surface area contributed by atoms with Gasteiger partial charge in [0.15, 0.2) is 0 Å². The minimum Gasteiger partial charge on any atom is -0.388 e. The van der Waals surface area contributed by atoms with Crippen molar-refractivity contribution in [1.29, 1.82) is 0 Å². The number of methoxy groups -OCH3 is 1. The van der Waals surface area contributed by atoms with Crippen LogP contribution in [0, 0.1) is 0 Å². The molecule has 1 atom stereocenters. The van der Waals surface area contributed by atoms with E-state index in [0.717, 1.165) is 6.42 Å². The molecule has 60 valence electrons. The van der Waals surface area contributed by atoms with Gasteiger partial charge in [-0.05, 0) is 13.3 Å². The zero-order valence-electron chi connectivity index (χ0n) is 6.92. The summed E-state index contributed by atoms with van der Waals surface area (Å²) >= 11 is 0. The molecule has 2 N–H and O–H groups in total. The zero-order chi connectivity index (χ0) is 7.98. The second-order valence-electron chi connectivity index (χ2n) is 2.29. The standard InChI is InChI=1S/C7H16N2O/c1-4-7(5-10-3)9-6(2)8/h7H,4-5H2,1-3H3,(H2,8,9). The van der Waals surface area contributed by atoms with Crippen LogP contribution in [-0.4, -0.2) is 25.6 Å². The number of nitrogens with zero attached hydrogens (tertiary/aromatic N) is 1. The molecule has 0 fully saturated rings. The van der Waals surface area contributed by atoms with Gasteiger partial charge in [-0.2, -0.15) is 0 Å². The van der Waals surface area contributed by atoms with Crippen molar-refractivity contribution in [3.8, 4) is 0 Å². The summed E-state index contributed by atoms with van der Waals surface area (Å²) in [5.74, 6) is 0.629. The van der Waals surface area contributed by atoms with Crippen LogP contribution >= 0.6 is 0 Å². The minimum atomic E-state index is 0.231. The summed E-state index contributed by atoms with van der Waals surface area (Å²) in [4.78, 5) is 4.15. The average molecular weight is 144 g/mol. The highest BCUT2D eigenvalue weighted by Crippen LogP contribution is 1.96. The van der Waals surface area contributed by atoms with Gasteiger partial charge in [0.1, 0.15) is 0 Å². The first-order valence-corrected chi connectivity index (χ1v) is 3.49. The van der Waals surface area contributed by atoms with Crippen molar-refractivity contribution < 1.29 is 4.74 Å². The lowest BCUT2D eigenvalue weighted by Crippen LogP contribution is -2.16. The number of aliphatic imine (C=N–C) groups is 1. The molecule has 0 aliphatic carbocycles. The van der Waals surface area contributed by atoms with E-state index in [1.807, 2.05) is 0 Å². The number of amidine groups is 1. The van der Waals surface area contributed by atoms with Gasteiger partial charge in [0.2, 0.25) is 0 Å². The highest BCUT2D eigenvalue weighted by atomic mass is 16.5. The molecule has 0 aromatic heterocycles. The number of nitrogens with two attached hydrogens (primary N) is 1. The van der Waals surface area contributed by atoms with Gasteiger partial charge in [0, 0.05) is 7.11 Å². The van der Waals surface area contributed by atoms with E-state index in [-0.39, 0.29) is 6.04 Å². The Morgan fingerprint density at radius 3 is 2.60 bits per heavy atom. The highest BCUT2D eigenvalue weighted by molar-refractivity contribution is 5.77. The first-order valence-electron chi connectivity index (χ1n) is 3.49. The monoisotopic (exact) mass is 144 g/mol. The molecule has 1 unspecified atom stereocenters. The molecule has 0 bridgehead atoms. The summed E-state index contributed by atoms with van der Waals surface area (Å²) in [7, 11) is 1.67. The third-order valence-electron chi connectivity index (χ3n) is 1.22. The SMILES string of the molecule is CCC(COC)N=C(C)N. The van der Waals surface area contributed by atoms with Crippen molar-refractivity contribution in [2.24, 2.45) is 10.7 Å². The highest BCUT2D eigenvalue weighted by Gasteiger charge is 2.01. The predicted molar refractivity (Wildman–Crippen MR) is 43.3 cm³/mol. The van der Waals surface area contributed by atoms with E-state index < -0.39 is 0 Å². The van der Waals surface area contributed by atoms with Crippen LogP contribution in [0.25, 0.3) is 0 Å². The fourth-order valence-corrected chi connectivity index (χ4v) is 0.727. The number of hydrogen-bond donors (Lipinski definition) is 1. The van der Waals surface area contributed by atoms with Crippen LogP contribution in [-0.2, 0) is 4.74 Å². The fraction of sp³-hybridized carbons (Fsp3) is 0.857. The molecule has 0 saturated carbocycles. The quantitative estimate of drug-likeness (QED) is 0.468. The number of ether oxygens (including phenoxy) is 1. The van der Waals surface area contributed by atoms with Crippen LogP contribution in [0.15, 0.2) is 4.99 Å². The molecule has 0 amide bonds. The van der Waals surface area contributed by atoms with Gasteiger partial charge >= 0.3 is 0 Å². The molecule has 0 radical (unpaired) electrons. The van der Waals surface area contributed by atoms with Crippen molar-refractivity contribution in [3.05, 3.63) is 0 Å². The van der Waals surface area contributed by atoms with Gasteiger partial charge in [-0.25, -0.2) is 0 Å². The average Bonchev–Trinajstić information content (AvgIpc) is 1.86. The van der Waals surface area contributed by atoms with E-state index in [9.17, 15) is 0 Å². The Morgan fingerprint density at radius 2 is 2.30 bits per heavy atom. The molecule has 0 heterocycles. The minimum absolute atomic E-state index is 0.231. The van der Waals surface area contributed by atoms with Crippen molar-refractivity contribution in [2.75, 3.05) is 13.7 Å². The van der Waals surface area contributed by atoms with Crippen molar-refractivity contribution in [2.45, 2.75) is 26.3 Å². The molecular formula is C7H16N2O. The molecular weight excluding hydrogens is 128 g/mol. The summed E-state index contributed by atoms with van der Waals surface area (Å²) in [5, 5.41) is 0. The maximum absolute atomic E-state index is 5.39. The van der Waals surface area contributed by atoms with Crippen LogP contribution < -0.4 is 5.73 Å². The van der Waals surface area contributed by atoms with Gasteiger partial charge in [0.05, 0.1) is 18.5 Å². The Morgan fingerprint density at radius 1 is 1.70 bits per heavy atom. The topological polar surface area (TPSA) is 47.6 Å². The van der Waals surface area contributed by atoms with Crippen LogP contribution in [0.4, 0.5) is 0 Å². The van der Waals surface area contributed by atoms with Crippen LogP contribution in [0.3, 0.4) is 0 Å². The van der Waals surface area contributed by atoms with Crippen LogP contribution in [0.2, 0.25) is 0 Å².